The van der Waals surface area contributed by atoms with Crippen molar-refractivity contribution in [2.45, 2.75) is 264 Å². The largest absolute Gasteiger partial charge is 0.756 e. The number of likely N-dealkylation sites (N-methyl/N-ethyl adjacent to an activating group) is 1. The zero-order chi connectivity index (χ0) is 59.8. The molecule has 0 fully saturated rings. The van der Waals surface area contributed by atoms with Gasteiger partial charge >= 0.3 is 11.9 Å². The van der Waals surface area contributed by atoms with Gasteiger partial charge in [0.15, 0.2) is 6.10 Å². The van der Waals surface area contributed by atoms with Gasteiger partial charge in [-0.25, -0.2) is 0 Å². The second kappa shape index (κ2) is 61.7. The molecule has 10 heteroatoms. The number of carbonyl (C=O) groups excluding carboxylic acids is 2. The number of phosphoric acid groups is 1. The predicted molar refractivity (Wildman–Crippen MR) is 351 cm³/mol. The maximum atomic E-state index is 12.8. The van der Waals surface area contributed by atoms with Crippen LogP contribution in [-0.4, -0.2) is 70.0 Å². The third-order valence-corrected chi connectivity index (χ3v) is 14.6. The van der Waals surface area contributed by atoms with Crippen LogP contribution in [0, 0.1) is 0 Å². The van der Waals surface area contributed by atoms with Crippen LogP contribution < -0.4 is 4.89 Å². The van der Waals surface area contributed by atoms with Crippen LogP contribution in [0.3, 0.4) is 0 Å². The molecule has 0 heterocycles. The molecule has 0 radical (unpaired) electrons. The van der Waals surface area contributed by atoms with E-state index in [1.54, 1.807) is 0 Å². The fraction of sp³-hybridized carbons (Fsp3) is 0.667. The molecule has 0 aliphatic carbocycles. The molecule has 0 N–H and O–H groups in total. The number of ether oxygens (including phenoxy) is 2. The average molecular weight is 1160 g/mol. The van der Waals surface area contributed by atoms with Gasteiger partial charge in [-0.1, -0.05) is 270 Å². The molecule has 0 bridgehead atoms. The quantitative estimate of drug-likeness (QED) is 0.0195. The first-order valence-corrected chi connectivity index (χ1v) is 34.4. The van der Waals surface area contributed by atoms with E-state index in [1.165, 1.54) is 96.3 Å². The van der Waals surface area contributed by atoms with Crippen molar-refractivity contribution in [1.29, 1.82) is 0 Å². The summed E-state index contributed by atoms with van der Waals surface area (Å²) < 4.78 is 34.2. The second-order valence-electron chi connectivity index (χ2n) is 22.7. The minimum atomic E-state index is -4.65. The Balaban J connectivity index is 4.11. The fourth-order valence-electron chi connectivity index (χ4n) is 8.69. The van der Waals surface area contributed by atoms with E-state index >= 15 is 0 Å². The summed E-state index contributed by atoms with van der Waals surface area (Å²) >= 11 is 0. The van der Waals surface area contributed by atoms with Gasteiger partial charge in [-0.05, 0) is 109 Å². The van der Waals surface area contributed by atoms with E-state index in [0.29, 0.717) is 17.4 Å². The number of carbonyl (C=O) groups is 2. The molecular formula is C72H122NO8P. The molecule has 0 aliphatic rings. The fourth-order valence-corrected chi connectivity index (χ4v) is 9.42. The predicted octanol–water partition coefficient (Wildman–Crippen LogP) is 20.6. The number of hydrogen-bond donors (Lipinski definition) is 0. The van der Waals surface area contributed by atoms with Crippen molar-refractivity contribution in [3.63, 3.8) is 0 Å². The Kier molecular flexibility index (Phi) is 58.8. The van der Waals surface area contributed by atoms with Gasteiger partial charge in [-0.15, -0.1) is 0 Å². The molecule has 2 atom stereocenters. The molecule has 0 rings (SSSR count). The molecular weight excluding hydrogens is 1040 g/mol. The first kappa shape index (κ1) is 78.1. The third-order valence-electron chi connectivity index (χ3n) is 13.7. The number of nitrogens with zero attached hydrogens (tertiary/aromatic N) is 1. The van der Waals surface area contributed by atoms with Crippen molar-refractivity contribution in [3.05, 3.63) is 134 Å². The van der Waals surface area contributed by atoms with Crippen LogP contribution in [0.5, 0.6) is 0 Å². The molecule has 0 aliphatic heterocycles. The lowest BCUT2D eigenvalue weighted by atomic mass is 10.0. The standard InChI is InChI=1S/C72H122NO8P/c1-6-8-10-12-14-16-18-20-22-24-26-28-30-32-33-34-35-36-37-38-39-41-42-44-46-48-50-52-54-56-58-60-62-64-71(74)78-68-70(69-80-82(76,77)79-67-66-73(3,4)5)81-72(75)65-63-61-59-57-55-53-51-49-47-45-43-40-31-29-27-25-23-21-19-17-15-13-11-9-7-2/h8-11,14-17,20-23,26-29,32-33,40,43,47,49,70H,6-7,12-13,18-19,24-25,30-31,34-39,41-42,44-46,48,50-69H2,1-5H3/b10-8-,11-9-,16-14-,17-15-,22-20-,23-21-,28-26-,29-27-,33-32-,43-40-,49-47-. The Morgan fingerprint density at radius 2 is 0.659 bits per heavy atom. The van der Waals surface area contributed by atoms with Crippen molar-refractivity contribution in [2.24, 2.45) is 0 Å². The Morgan fingerprint density at radius 3 is 0.976 bits per heavy atom. The third kappa shape index (κ3) is 65.3. The van der Waals surface area contributed by atoms with Crippen molar-refractivity contribution < 1.29 is 42.1 Å². The number of esters is 2. The van der Waals surface area contributed by atoms with Gasteiger partial charge in [-0.2, -0.15) is 0 Å². The molecule has 0 aromatic rings. The van der Waals surface area contributed by atoms with Gasteiger partial charge in [0.1, 0.15) is 19.8 Å². The smallest absolute Gasteiger partial charge is 0.306 e. The minimum Gasteiger partial charge on any atom is -0.756 e. The van der Waals surface area contributed by atoms with E-state index in [2.05, 4.69) is 148 Å². The summed E-state index contributed by atoms with van der Waals surface area (Å²) in [7, 11) is 1.14. The highest BCUT2D eigenvalue weighted by Crippen LogP contribution is 2.38. The summed E-state index contributed by atoms with van der Waals surface area (Å²) in [5.74, 6) is -0.852. The number of hydrogen-bond acceptors (Lipinski definition) is 8. The first-order chi connectivity index (χ1) is 40.0. The number of phosphoric ester groups is 1. The summed E-state index contributed by atoms with van der Waals surface area (Å²) in [5, 5.41) is 0. The van der Waals surface area contributed by atoms with Gasteiger partial charge in [0.2, 0.25) is 0 Å². The van der Waals surface area contributed by atoms with Crippen LogP contribution in [0.2, 0.25) is 0 Å². The van der Waals surface area contributed by atoms with Crippen molar-refractivity contribution in [3.8, 4) is 0 Å². The lowest BCUT2D eigenvalue weighted by Gasteiger charge is -2.28. The van der Waals surface area contributed by atoms with Crippen molar-refractivity contribution in [1.82, 2.24) is 0 Å². The van der Waals surface area contributed by atoms with E-state index in [9.17, 15) is 19.0 Å². The average Bonchev–Trinajstić information content (AvgIpc) is 3.46. The highest BCUT2D eigenvalue weighted by Gasteiger charge is 2.22. The molecule has 0 saturated heterocycles. The minimum absolute atomic E-state index is 0.0399. The Hall–Kier alpha value is -3.85. The Labute approximate surface area is 504 Å². The summed E-state index contributed by atoms with van der Waals surface area (Å²) in [6.45, 7) is 4.00. The van der Waals surface area contributed by atoms with Gasteiger partial charge in [0.05, 0.1) is 27.7 Å². The lowest BCUT2D eigenvalue weighted by Crippen LogP contribution is -2.37. The summed E-state index contributed by atoms with van der Waals surface area (Å²) in [6, 6.07) is 0. The summed E-state index contributed by atoms with van der Waals surface area (Å²) in [6.07, 6.45) is 89.4. The van der Waals surface area contributed by atoms with Crippen LogP contribution in [0.15, 0.2) is 134 Å². The SMILES string of the molecule is CC/C=C\C/C=C\C/C=C\C/C=C\C/C=C\C/C=C\CCCCCCCCC(=O)OC(COC(=O)CCCCCCCCCCCCCCCCCCC/C=C\C/C=C\C/C=C\C/C=C\C/C=C\CC)COP(=O)([O-])OCC[N+](C)(C)C. The van der Waals surface area contributed by atoms with Gasteiger partial charge in [-0.3, -0.25) is 14.2 Å². The zero-order valence-corrected chi connectivity index (χ0v) is 54.0. The number of allylic oxidation sites excluding steroid dienone is 22. The van der Waals surface area contributed by atoms with Crippen LogP contribution in [0.1, 0.15) is 258 Å². The zero-order valence-electron chi connectivity index (χ0n) is 53.1. The Morgan fingerprint density at radius 1 is 0.378 bits per heavy atom. The molecule has 82 heavy (non-hydrogen) atoms. The van der Waals surface area contributed by atoms with Gasteiger partial charge in [0.25, 0.3) is 7.82 Å². The highest BCUT2D eigenvalue weighted by atomic mass is 31.2. The van der Waals surface area contributed by atoms with E-state index < -0.39 is 26.5 Å². The molecule has 9 nitrogen and oxygen atoms in total. The van der Waals surface area contributed by atoms with Crippen molar-refractivity contribution >= 4 is 19.8 Å². The van der Waals surface area contributed by atoms with Crippen LogP contribution in [0.25, 0.3) is 0 Å². The molecule has 0 amide bonds. The van der Waals surface area contributed by atoms with E-state index in [-0.39, 0.29) is 32.0 Å². The summed E-state index contributed by atoms with van der Waals surface area (Å²) in [4.78, 5) is 38.0. The maximum absolute atomic E-state index is 12.8. The second-order valence-corrected chi connectivity index (χ2v) is 24.1. The van der Waals surface area contributed by atoms with Gasteiger partial charge in [0, 0.05) is 12.8 Å². The molecule has 0 saturated carbocycles. The Bertz CT molecular complexity index is 1850. The molecule has 468 valence electrons. The topological polar surface area (TPSA) is 111 Å². The number of rotatable bonds is 59. The molecule has 0 aromatic heterocycles. The van der Waals surface area contributed by atoms with Crippen molar-refractivity contribution in [2.75, 3.05) is 47.5 Å². The lowest BCUT2D eigenvalue weighted by molar-refractivity contribution is -0.870. The van der Waals surface area contributed by atoms with E-state index in [0.717, 1.165) is 128 Å². The molecule has 0 spiro atoms. The summed E-state index contributed by atoms with van der Waals surface area (Å²) in [5.41, 5.74) is 0. The number of unbranched alkanes of at least 4 members (excludes halogenated alkanes) is 23. The normalized spacial score (nSPS) is 14.1. The van der Waals surface area contributed by atoms with Crippen LogP contribution in [0.4, 0.5) is 0 Å². The van der Waals surface area contributed by atoms with E-state index in [1.807, 2.05) is 21.1 Å². The van der Waals surface area contributed by atoms with Crippen LogP contribution >= 0.6 is 7.82 Å². The number of quaternary nitrogens is 1. The first-order valence-electron chi connectivity index (χ1n) is 32.9. The molecule has 2 unspecified atom stereocenters. The molecule has 0 aromatic carbocycles. The van der Waals surface area contributed by atoms with E-state index in [4.69, 9.17) is 18.5 Å². The highest BCUT2D eigenvalue weighted by molar-refractivity contribution is 7.45. The van der Waals surface area contributed by atoms with Gasteiger partial charge < -0.3 is 27.9 Å². The van der Waals surface area contributed by atoms with Crippen LogP contribution in [-0.2, 0) is 32.7 Å². The maximum Gasteiger partial charge on any atom is 0.306 e. The monoisotopic (exact) mass is 1160 g/mol.